The molecule has 3 aromatic rings. The van der Waals surface area contributed by atoms with Gasteiger partial charge in [0.1, 0.15) is 0 Å². The van der Waals surface area contributed by atoms with Crippen LogP contribution in [0.1, 0.15) is 31.0 Å². The lowest BCUT2D eigenvalue weighted by Gasteiger charge is -2.39. The Bertz CT molecular complexity index is 899. The molecule has 1 aliphatic heterocycles. The van der Waals surface area contributed by atoms with Gasteiger partial charge in [0.05, 0.1) is 11.4 Å². The summed E-state index contributed by atoms with van der Waals surface area (Å²) in [5.41, 5.74) is 7.06. The molecule has 1 atom stereocenters. The van der Waals surface area contributed by atoms with Gasteiger partial charge < -0.3 is 4.90 Å². The van der Waals surface area contributed by atoms with Crippen LogP contribution >= 0.6 is 0 Å². The van der Waals surface area contributed by atoms with Gasteiger partial charge in [-0.15, -0.1) is 0 Å². The Labute approximate surface area is 147 Å². The minimum absolute atomic E-state index is 0.551. The Morgan fingerprint density at radius 3 is 2.56 bits per heavy atom. The molecule has 2 aromatic heterocycles. The van der Waals surface area contributed by atoms with Crippen molar-refractivity contribution in [1.82, 2.24) is 20.2 Å². The van der Waals surface area contributed by atoms with Gasteiger partial charge >= 0.3 is 0 Å². The molecule has 25 heavy (non-hydrogen) atoms. The molecule has 5 nitrogen and oxygen atoms in total. The zero-order valence-corrected chi connectivity index (χ0v) is 14.4. The summed E-state index contributed by atoms with van der Waals surface area (Å²) in [4.78, 5) is 12.2. The molecular formula is C20H21N5. The number of rotatable bonds is 3. The maximum absolute atomic E-state index is 4.97. The Morgan fingerprint density at radius 1 is 1.04 bits per heavy atom. The van der Waals surface area contributed by atoms with Crippen LogP contribution in [0.25, 0.3) is 22.5 Å². The molecule has 0 radical (unpaired) electrons. The molecule has 1 aliphatic carbocycles. The second-order valence-corrected chi connectivity index (χ2v) is 7.03. The van der Waals surface area contributed by atoms with Crippen molar-refractivity contribution in [2.24, 2.45) is 0 Å². The third-order valence-corrected chi connectivity index (χ3v) is 5.47. The van der Waals surface area contributed by atoms with E-state index in [0.29, 0.717) is 6.04 Å². The fraction of sp³-hybridized carbons (Fsp3) is 0.350. The van der Waals surface area contributed by atoms with Crippen molar-refractivity contribution < 1.29 is 0 Å². The lowest BCUT2D eigenvalue weighted by molar-refractivity contribution is 0.470. The van der Waals surface area contributed by atoms with Crippen LogP contribution in [-0.4, -0.2) is 32.8 Å². The second-order valence-electron chi connectivity index (χ2n) is 7.03. The minimum Gasteiger partial charge on any atom is -0.338 e. The van der Waals surface area contributed by atoms with Crippen LogP contribution in [0.3, 0.4) is 0 Å². The number of hydrogen-bond acceptors (Lipinski definition) is 4. The highest BCUT2D eigenvalue weighted by Crippen LogP contribution is 2.34. The number of nitrogens with one attached hydrogen (secondary N) is 1. The fourth-order valence-corrected chi connectivity index (χ4v) is 3.82. The van der Waals surface area contributed by atoms with Crippen LogP contribution in [-0.2, 0) is 12.8 Å². The van der Waals surface area contributed by atoms with E-state index in [1.807, 2.05) is 6.07 Å². The first-order valence-electron chi connectivity index (χ1n) is 9.06. The highest BCUT2D eigenvalue weighted by Gasteiger charge is 2.29. The van der Waals surface area contributed by atoms with Crippen LogP contribution in [0, 0.1) is 0 Å². The number of fused-ring (bicyclic) bond motifs is 1. The third kappa shape index (κ3) is 2.42. The van der Waals surface area contributed by atoms with Gasteiger partial charge in [-0.05, 0) is 44.2 Å². The number of aryl methyl sites for hydroxylation is 1. The number of anilines is 1. The first kappa shape index (κ1) is 14.6. The molecule has 5 rings (SSSR count). The van der Waals surface area contributed by atoms with Gasteiger partial charge in [0.25, 0.3) is 0 Å². The summed E-state index contributed by atoms with van der Waals surface area (Å²) in [5, 5.41) is 7.05. The van der Waals surface area contributed by atoms with Gasteiger partial charge in [0.2, 0.25) is 5.95 Å². The molecular weight excluding hydrogens is 310 g/mol. The molecule has 0 unspecified atom stereocenters. The van der Waals surface area contributed by atoms with E-state index in [9.17, 15) is 0 Å². The molecule has 5 heteroatoms. The number of H-pyrrole nitrogens is 1. The third-order valence-electron chi connectivity index (χ3n) is 5.47. The largest absolute Gasteiger partial charge is 0.338 e. The number of aromatic nitrogens is 4. The van der Waals surface area contributed by atoms with Crippen LogP contribution in [0.4, 0.5) is 5.95 Å². The second kappa shape index (κ2) is 5.69. The molecule has 1 aromatic carbocycles. The monoisotopic (exact) mass is 331 g/mol. The van der Waals surface area contributed by atoms with Crippen LogP contribution in [0.15, 0.2) is 36.5 Å². The molecule has 1 saturated heterocycles. The van der Waals surface area contributed by atoms with Crippen molar-refractivity contribution in [2.75, 3.05) is 11.4 Å². The Kier molecular flexibility index (Phi) is 3.33. The van der Waals surface area contributed by atoms with Crippen LogP contribution in [0.5, 0.6) is 0 Å². The molecule has 126 valence electrons. The van der Waals surface area contributed by atoms with Gasteiger partial charge in [-0.3, -0.25) is 5.10 Å². The van der Waals surface area contributed by atoms with Gasteiger partial charge in [0.15, 0.2) is 0 Å². The standard InChI is InChI=1S/C20H21N5/c1-13-10-12-25(13)20-22-18-4-2-3-16(18)19(23-20)15-7-5-14(6-8-15)17-9-11-21-24-17/h5-9,11,13H,2-4,10,12H2,1H3,(H,21,24)/t13-/m0/s1. The lowest BCUT2D eigenvalue weighted by atomic mass is 10.0. The summed E-state index contributed by atoms with van der Waals surface area (Å²) >= 11 is 0. The smallest absolute Gasteiger partial charge is 0.226 e. The van der Waals surface area contributed by atoms with E-state index in [2.05, 4.69) is 46.3 Å². The minimum atomic E-state index is 0.551. The highest BCUT2D eigenvalue weighted by molar-refractivity contribution is 5.70. The van der Waals surface area contributed by atoms with Crippen molar-refractivity contribution in [1.29, 1.82) is 0 Å². The summed E-state index contributed by atoms with van der Waals surface area (Å²) in [5.74, 6) is 0.909. The number of aromatic amines is 1. The zero-order valence-electron chi connectivity index (χ0n) is 14.4. The molecule has 1 N–H and O–H groups in total. The summed E-state index contributed by atoms with van der Waals surface area (Å²) < 4.78 is 0. The quantitative estimate of drug-likeness (QED) is 0.796. The molecule has 0 bridgehead atoms. The number of hydrogen-bond donors (Lipinski definition) is 1. The van der Waals surface area contributed by atoms with Gasteiger partial charge in [-0.25, -0.2) is 9.97 Å². The molecule has 1 fully saturated rings. The maximum atomic E-state index is 4.97. The molecule has 0 spiro atoms. The highest BCUT2D eigenvalue weighted by atomic mass is 15.3. The van der Waals surface area contributed by atoms with E-state index >= 15 is 0 Å². The van der Waals surface area contributed by atoms with Crippen molar-refractivity contribution in [3.8, 4) is 22.5 Å². The summed E-state index contributed by atoms with van der Waals surface area (Å²) in [7, 11) is 0. The predicted molar refractivity (Wildman–Crippen MR) is 98.5 cm³/mol. The van der Waals surface area contributed by atoms with Gasteiger partial charge in [-0.1, -0.05) is 24.3 Å². The SMILES string of the molecule is C[C@H]1CCN1c1nc2c(c(-c3ccc(-c4ccn[nH]4)cc3)n1)CCC2. The topological polar surface area (TPSA) is 57.7 Å². The van der Waals surface area contributed by atoms with E-state index in [1.54, 1.807) is 6.20 Å². The first-order valence-corrected chi connectivity index (χ1v) is 9.06. The zero-order chi connectivity index (χ0) is 16.8. The van der Waals surface area contributed by atoms with E-state index in [-0.39, 0.29) is 0 Å². The molecule has 0 saturated carbocycles. The van der Waals surface area contributed by atoms with Gasteiger partial charge in [0, 0.05) is 35.6 Å². The number of benzene rings is 1. The number of nitrogens with zero attached hydrogens (tertiary/aromatic N) is 4. The van der Waals surface area contributed by atoms with Crippen molar-refractivity contribution in [2.45, 2.75) is 38.6 Å². The average Bonchev–Trinajstić information content (AvgIpc) is 3.31. The Hall–Kier alpha value is -2.69. The van der Waals surface area contributed by atoms with Crippen molar-refractivity contribution in [3.05, 3.63) is 47.8 Å². The maximum Gasteiger partial charge on any atom is 0.226 e. The van der Waals surface area contributed by atoms with E-state index in [0.717, 1.165) is 42.3 Å². The van der Waals surface area contributed by atoms with E-state index in [4.69, 9.17) is 9.97 Å². The summed E-state index contributed by atoms with van der Waals surface area (Å²) in [6.07, 6.45) is 6.35. The first-order chi connectivity index (χ1) is 12.3. The van der Waals surface area contributed by atoms with Crippen molar-refractivity contribution in [3.63, 3.8) is 0 Å². The summed E-state index contributed by atoms with van der Waals surface area (Å²) in [6.45, 7) is 3.32. The molecule has 0 amide bonds. The lowest BCUT2D eigenvalue weighted by Crippen LogP contribution is -2.46. The normalized spacial score (nSPS) is 18.9. The molecule has 2 aliphatic rings. The van der Waals surface area contributed by atoms with Crippen LogP contribution in [0.2, 0.25) is 0 Å². The van der Waals surface area contributed by atoms with Crippen molar-refractivity contribution >= 4 is 5.95 Å². The average molecular weight is 331 g/mol. The Morgan fingerprint density at radius 2 is 1.88 bits per heavy atom. The Balaban J connectivity index is 1.56. The van der Waals surface area contributed by atoms with E-state index in [1.165, 1.54) is 29.7 Å². The predicted octanol–water partition coefficient (Wildman–Crippen LogP) is 3.62. The van der Waals surface area contributed by atoms with Gasteiger partial charge in [-0.2, -0.15) is 5.10 Å². The summed E-state index contributed by atoms with van der Waals surface area (Å²) in [6, 6.07) is 11.1. The van der Waals surface area contributed by atoms with Crippen LogP contribution < -0.4 is 4.90 Å². The fourth-order valence-electron chi connectivity index (χ4n) is 3.82. The van der Waals surface area contributed by atoms with E-state index < -0.39 is 0 Å². The molecule has 3 heterocycles.